The van der Waals surface area contributed by atoms with E-state index in [2.05, 4.69) is 46.3 Å². The molecule has 2 aromatic carbocycles. The van der Waals surface area contributed by atoms with Crippen molar-refractivity contribution in [1.29, 1.82) is 0 Å². The first-order chi connectivity index (χ1) is 15.2. The number of hydrogen-bond donors (Lipinski definition) is 0. The number of fused-ring (bicyclic) bond motifs is 6. The van der Waals surface area contributed by atoms with Crippen molar-refractivity contribution in [2.45, 2.75) is 19.3 Å². The standard InChI is InChI=1S/C26H25N3O2/c1-17-20(26(30)29-12-5-4-8-24(29)27-17)11-13-28-14-19-16-31-23-10-9-18-6-2-3-7-21(18)25(23)22(19)15-28/h2-10,12,19,22H,11,13-16H2,1H3/t19-,22+/m1/s1. The Bertz CT molecular complexity index is 1360. The first-order valence-electron chi connectivity index (χ1n) is 11.0. The maximum atomic E-state index is 13.0. The van der Waals surface area contributed by atoms with Crippen LogP contribution in [0.4, 0.5) is 0 Å². The van der Waals surface area contributed by atoms with Gasteiger partial charge in [0.15, 0.2) is 0 Å². The van der Waals surface area contributed by atoms with Crippen LogP contribution in [0.2, 0.25) is 0 Å². The Morgan fingerprint density at radius 2 is 1.94 bits per heavy atom. The van der Waals surface area contributed by atoms with Gasteiger partial charge in [0.25, 0.3) is 5.56 Å². The molecule has 1 saturated heterocycles. The zero-order valence-corrected chi connectivity index (χ0v) is 17.6. The molecule has 0 saturated carbocycles. The van der Waals surface area contributed by atoms with Crippen LogP contribution in [-0.4, -0.2) is 40.5 Å². The van der Waals surface area contributed by atoms with Crippen molar-refractivity contribution >= 4 is 16.4 Å². The zero-order valence-electron chi connectivity index (χ0n) is 17.6. The highest BCUT2D eigenvalue weighted by Gasteiger charge is 2.39. The summed E-state index contributed by atoms with van der Waals surface area (Å²) in [5.74, 6) is 2.01. The molecule has 6 rings (SSSR count). The SMILES string of the molecule is Cc1nc2ccccn2c(=O)c1CCN1C[C@@H]2COc3ccc4ccccc4c3[C@H]2C1. The molecule has 0 spiro atoms. The number of likely N-dealkylation sites (tertiary alicyclic amines) is 1. The van der Waals surface area contributed by atoms with Crippen molar-refractivity contribution < 1.29 is 4.74 Å². The second kappa shape index (κ2) is 7.20. The van der Waals surface area contributed by atoms with Crippen LogP contribution in [0.5, 0.6) is 5.75 Å². The van der Waals surface area contributed by atoms with Crippen LogP contribution in [0, 0.1) is 12.8 Å². The van der Waals surface area contributed by atoms with Crippen molar-refractivity contribution in [2.75, 3.05) is 26.2 Å². The highest BCUT2D eigenvalue weighted by Crippen LogP contribution is 2.45. The lowest BCUT2D eigenvalue weighted by Gasteiger charge is -2.29. The fourth-order valence-electron chi connectivity index (χ4n) is 5.41. The highest BCUT2D eigenvalue weighted by atomic mass is 16.5. The van der Waals surface area contributed by atoms with E-state index in [9.17, 15) is 4.79 Å². The molecular formula is C26H25N3O2. The number of hydrogen-bond acceptors (Lipinski definition) is 4. The first-order valence-corrected chi connectivity index (χ1v) is 11.0. The van der Waals surface area contributed by atoms with Gasteiger partial charge >= 0.3 is 0 Å². The zero-order chi connectivity index (χ0) is 20.9. The van der Waals surface area contributed by atoms with E-state index in [1.165, 1.54) is 16.3 Å². The average molecular weight is 412 g/mol. The van der Waals surface area contributed by atoms with E-state index in [1.54, 1.807) is 10.6 Å². The lowest BCUT2D eigenvalue weighted by atomic mass is 9.84. The maximum absolute atomic E-state index is 13.0. The normalized spacial score (nSPS) is 20.5. The van der Waals surface area contributed by atoms with E-state index in [0.29, 0.717) is 17.5 Å². The Labute approximate surface area is 180 Å². The van der Waals surface area contributed by atoms with E-state index in [0.717, 1.165) is 49.7 Å². The van der Waals surface area contributed by atoms with Crippen LogP contribution in [0.15, 0.2) is 65.6 Å². The Balaban J connectivity index is 1.27. The van der Waals surface area contributed by atoms with Gasteiger partial charge < -0.3 is 9.64 Å². The van der Waals surface area contributed by atoms with Gasteiger partial charge in [0.1, 0.15) is 11.4 Å². The van der Waals surface area contributed by atoms with E-state index in [1.807, 2.05) is 25.1 Å². The van der Waals surface area contributed by atoms with Crippen LogP contribution >= 0.6 is 0 Å². The van der Waals surface area contributed by atoms with Gasteiger partial charge in [-0.3, -0.25) is 9.20 Å². The summed E-state index contributed by atoms with van der Waals surface area (Å²) in [4.78, 5) is 20.1. The van der Waals surface area contributed by atoms with Gasteiger partial charge in [-0.1, -0.05) is 36.4 Å². The predicted octanol–water partition coefficient (Wildman–Crippen LogP) is 3.81. The Kier molecular flexibility index (Phi) is 4.32. The van der Waals surface area contributed by atoms with Gasteiger partial charge in [-0.15, -0.1) is 0 Å². The third kappa shape index (κ3) is 3.03. The number of aryl methyl sites for hydroxylation is 1. The molecule has 2 atom stereocenters. The minimum Gasteiger partial charge on any atom is -0.493 e. The van der Waals surface area contributed by atoms with Gasteiger partial charge in [-0.25, -0.2) is 4.98 Å². The second-order valence-corrected chi connectivity index (χ2v) is 8.80. The summed E-state index contributed by atoms with van der Waals surface area (Å²) in [7, 11) is 0. The van der Waals surface area contributed by atoms with Gasteiger partial charge in [-0.2, -0.15) is 0 Å². The molecule has 0 amide bonds. The lowest BCUT2D eigenvalue weighted by molar-refractivity contribution is 0.214. The summed E-state index contributed by atoms with van der Waals surface area (Å²) in [6, 6.07) is 18.6. The molecule has 0 aliphatic carbocycles. The van der Waals surface area contributed by atoms with E-state index >= 15 is 0 Å². The second-order valence-electron chi connectivity index (χ2n) is 8.80. The fraction of sp³-hybridized carbons (Fsp3) is 0.308. The summed E-state index contributed by atoms with van der Waals surface area (Å²) in [5.41, 5.74) is 3.79. The minimum atomic E-state index is 0.0550. The molecule has 0 N–H and O–H groups in total. The van der Waals surface area contributed by atoms with Gasteiger partial charge in [0.05, 0.1) is 6.61 Å². The molecule has 31 heavy (non-hydrogen) atoms. The molecule has 0 bridgehead atoms. The third-order valence-corrected chi connectivity index (χ3v) is 6.98. The molecule has 0 radical (unpaired) electrons. The minimum absolute atomic E-state index is 0.0550. The van der Waals surface area contributed by atoms with Crippen molar-refractivity contribution in [2.24, 2.45) is 5.92 Å². The number of benzene rings is 2. The lowest BCUT2D eigenvalue weighted by Crippen LogP contribution is -2.28. The molecule has 4 heterocycles. The van der Waals surface area contributed by atoms with Crippen LogP contribution in [-0.2, 0) is 6.42 Å². The predicted molar refractivity (Wildman–Crippen MR) is 122 cm³/mol. The molecule has 2 aromatic heterocycles. The van der Waals surface area contributed by atoms with Crippen LogP contribution in [0.25, 0.3) is 16.4 Å². The molecule has 2 aliphatic rings. The van der Waals surface area contributed by atoms with Crippen LogP contribution < -0.4 is 10.3 Å². The Hall–Kier alpha value is -3.18. The Morgan fingerprint density at radius 1 is 1.06 bits per heavy atom. The van der Waals surface area contributed by atoms with E-state index in [-0.39, 0.29) is 5.56 Å². The first kappa shape index (κ1) is 18.6. The summed E-state index contributed by atoms with van der Waals surface area (Å²) in [6.07, 6.45) is 2.52. The largest absolute Gasteiger partial charge is 0.493 e. The summed E-state index contributed by atoms with van der Waals surface area (Å²) in [6.45, 7) is 5.60. The van der Waals surface area contributed by atoms with E-state index < -0.39 is 0 Å². The quantitative estimate of drug-likeness (QED) is 0.514. The van der Waals surface area contributed by atoms with Crippen LogP contribution in [0.3, 0.4) is 0 Å². The summed E-state index contributed by atoms with van der Waals surface area (Å²) >= 11 is 0. The smallest absolute Gasteiger partial charge is 0.261 e. The van der Waals surface area contributed by atoms with Gasteiger partial charge in [0.2, 0.25) is 0 Å². The number of aromatic nitrogens is 2. The fourth-order valence-corrected chi connectivity index (χ4v) is 5.41. The van der Waals surface area contributed by atoms with Crippen molar-refractivity contribution in [3.05, 3.63) is 88.0 Å². The number of ether oxygens (including phenoxy) is 1. The molecule has 5 heteroatoms. The monoisotopic (exact) mass is 411 g/mol. The van der Waals surface area contributed by atoms with Crippen LogP contribution in [0.1, 0.15) is 22.7 Å². The molecule has 0 unspecified atom stereocenters. The summed E-state index contributed by atoms with van der Waals surface area (Å²) in [5, 5.41) is 2.58. The molecule has 156 valence electrons. The molecule has 4 aromatic rings. The molecule has 1 fully saturated rings. The Morgan fingerprint density at radius 3 is 2.87 bits per heavy atom. The number of rotatable bonds is 3. The van der Waals surface area contributed by atoms with Crippen molar-refractivity contribution in [3.63, 3.8) is 0 Å². The maximum Gasteiger partial charge on any atom is 0.261 e. The van der Waals surface area contributed by atoms with Gasteiger partial charge in [-0.05, 0) is 42.3 Å². The highest BCUT2D eigenvalue weighted by molar-refractivity contribution is 5.88. The number of pyridine rings is 1. The molecular weight excluding hydrogens is 386 g/mol. The van der Waals surface area contributed by atoms with Gasteiger partial charge in [0, 0.05) is 54.5 Å². The summed E-state index contributed by atoms with van der Waals surface area (Å²) < 4.78 is 7.81. The van der Waals surface area contributed by atoms with Crippen molar-refractivity contribution in [1.82, 2.24) is 14.3 Å². The topological polar surface area (TPSA) is 46.8 Å². The van der Waals surface area contributed by atoms with E-state index in [4.69, 9.17) is 4.74 Å². The molecule has 2 aliphatic heterocycles. The molecule has 5 nitrogen and oxygen atoms in total. The number of nitrogens with zero attached hydrogens (tertiary/aromatic N) is 3. The third-order valence-electron chi connectivity index (χ3n) is 6.98. The van der Waals surface area contributed by atoms with Crippen molar-refractivity contribution in [3.8, 4) is 5.75 Å². The average Bonchev–Trinajstić information content (AvgIpc) is 3.22.